The van der Waals surface area contributed by atoms with Crippen molar-refractivity contribution in [3.05, 3.63) is 37.0 Å². The lowest BCUT2D eigenvalue weighted by atomic mass is 10.1. The molecule has 0 radical (unpaired) electrons. The van der Waals surface area contributed by atoms with Gasteiger partial charge in [0, 0.05) is 13.1 Å². The van der Waals surface area contributed by atoms with Crippen molar-refractivity contribution >= 4 is 5.91 Å². The minimum Gasteiger partial charge on any atom is -0.342 e. The second kappa shape index (κ2) is 16.7. The first-order chi connectivity index (χ1) is 10.2. The number of carbonyl (C=O) groups excluding carboxylic acids is 1. The van der Waals surface area contributed by atoms with Gasteiger partial charge in [0.15, 0.2) is 0 Å². The quantitative estimate of drug-likeness (QED) is 0.753. The monoisotopic (exact) mass is 294 g/mol. The van der Waals surface area contributed by atoms with Crippen LogP contribution >= 0.6 is 0 Å². The Morgan fingerprint density at radius 1 is 1.14 bits per heavy atom. The molecular formula is C18H34N2O. The molecule has 1 heterocycles. The minimum absolute atomic E-state index is 0.204. The maximum absolute atomic E-state index is 11.7. The average Bonchev–Trinajstić information content (AvgIpc) is 3.04. The van der Waals surface area contributed by atoms with Gasteiger partial charge in [-0.05, 0) is 31.5 Å². The largest absolute Gasteiger partial charge is 0.342 e. The topological polar surface area (TPSA) is 32.3 Å². The summed E-state index contributed by atoms with van der Waals surface area (Å²) in [4.78, 5) is 13.6. The molecule has 0 atom stereocenters. The van der Waals surface area contributed by atoms with Crippen LogP contribution in [0.1, 0.15) is 47.0 Å². The van der Waals surface area contributed by atoms with E-state index >= 15 is 0 Å². The number of rotatable bonds is 6. The van der Waals surface area contributed by atoms with Gasteiger partial charge in [-0.1, -0.05) is 59.1 Å². The van der Waals surface area contributed by atoms with Gasteiger partial charge in [0.1, 0.15) is 0 Å². The van der Waals surface area contributed by atoms with Crippen LogP contribution in [0.2, 0.25) is 0 Å². The zero-order valence-corrected chi connectivity index (χ0v) is 14.5. The summed E-state index contributed by atoms with van der Waals surface area (Å²) in [5.74, 6) is 0.204. The number of amides is 1. The van der Waals surface area contributed by atoms with Crippen molar-refractivity contribution in [3.8, 4) is 0 Å². The fourth-order valence-electron chi connectivity index (χ4n) is 1.85. The van der Waals surface area contributed by atoms with Crippen molar-refractivity contribution in [3.63, 3.8) is 0 Å². The van der Waals surface area contributed by atoms with E-state index in [1.807, 2.05) is 24.8 Å². The second-order valence-corrected chi connectivity index (χ2v) is 4.40. The first-order valence-corrected chi connectivity index (χ1v) is 8.12. The van der Waals surface area contributed by atoms with E-state index < -0.39 is 0 Å². The van der Waals surface area contributed by atoms with Crippen LogP contribution in [0.5, 0.6) is 0 Å². The van der Waals surface area contributed by atoms with Crippen LogP contribution in [0.15, 0.2) is 37.0 Å². The van der Waals surface area contributed by atoms with Crippen molar-refractivity contribution in [2.24, 2.45) is 0 Å². The second-order valence-electron chi connectivity index (χ2n) is 4.40. The zero-order valence-electron chi connectivity index (χ0n) is 14.5. The number of allylic oxidation sites excluding steroid dienone is 3. The maximum atomic E-state index is 11.7. The summed E-state index contributed by atoms with van der Waals surface area (Å²) in [5, 5.41) is 3.11. The first-order valence-electron chi connectivity index (χ1n) is 8.12. The summed E-state index contributed by atoms with van der Waals surface area (Å²) in [5.41, 5.74) is 0.942. The van der Waals surface area contributed by atoms with Crippen LogP contribution < -0.4 is 5.32 Å². The highest BCUT2D eigenvalue weighted by Gasteiger charge is 2.17. The molecule has 0 aliphatic carbocycles. The SMILES string of the molecule is C=C/C=C(\C=C)CC(=O)N1CCCC1.CC.CCNCC. The summed E-state index contributed by atoms with van der Waals surface area (Å²) in [6, 6.07) is 0. The Labute approximate surface area is 131 Å². The first kappa shape index (κ1) is 21.9. The Bertz CT molecular complexity index is 300. The molecule has 21 heavy (non-hydrogen) atoms. The van der Waals surface area contributed by atoms with Gasteiger partial charge in [-0.2, -0.15) is 0 Å². The summed E-state index contributed by atoms with van der Waals surface area (Å²) in [6.07, 6.45) is 7.97. The minimum atomic E-state index is 0.204. The molecule has 1 aliphatic heterocycles. The van der Waals surface area contributed by atoms with E-state index in [2.05, 4.69) is 32.3 Å². The third-order valence-corrected chi connectivity index (χ3v) is 2.91. The standard InChI is InChI=1S/C12H17NO.C4H11N.C2H6/c1-3-7-11(4-2)10-12(14)13-8-5-6-9-13;1-3-5-4-2;1-2/h3-4,7H,1-2,5-6,8-10H2;5H,3-4H2,1-2H3;1-2H3/b11-7+;;. The van der Waals surface area contributed by atoms with Gasteiger partial charge in [-0.15, -0.1) is 0 Å². The van der Waals surface area contributed by atoms with Crippen molar-refractivity contribution in [2.75, 3.05) is 26.2 Å². The Morgan fingerprint density at radius 3 is 2.00 bits per heavy atom. The predicted molar refractivity (Wildman–Crippen MR) is 94.5 cm³/mol. The molecule has 0 unspecified atom stereocenters. The van der Waals surface area contributed by atoms with Gasteiger partial charge >= 0.3 is 0 Å². The van der Waals surface area contributed by atoms with Crippen LogP contribution in [0, 0.1) is 0 Å². The third-order valence-electron chi connectivity index (χ3n) is 2.91. The summed E-state index contributed by atoms with van der Waals surface area (Å²) >= 11 is 0. The molecule has 1 saturated heterocycles. The Morgan fingerprint density at radius 2 is 1.67 bits per heavy atom. The highest BCUT2D eigenvalue weighted by molar-refractivity contribution is 5.79. The van der Waals surface area contributed by atoms with Gasteiger partial charge < -0.3 is 10.2 Å². The van der Waals surface area contributed by atoms with Crippen molar-refractivity contribution < 1.29 is 4.79 Å². The van der Waals surface area contributed by atoms with Gasteiger partial charge in [0.05, 0.1) is 6.42 Å². The number of nitrogens with one attached hydrogen (secondary N) is 1. The fourth-order valence-corrected chi connectivity index (χ4v) is 1.85. The molecule has 0 aromatic carbocycles. The lowest BCUT2D eigenvalue weighted by Crippen LogP contribution is -2.27. The molecule has 1 rings (SSSR count). The highest BCUT2D eigenvalue weighted by atomic mass is 16.2. The molecule has 1 fully saturated rings. The predicted octanol–water partition coefficient (Wildman–Crippen LogP) is 3.94. The molecule has 1 amide bonds. The van der Waals surface area contributed by atoms with Crippen LogP contribution in [0.25, 0.3) is 0 Å². The van der Waals surface area contributed by atoms with E-state index in [-0.39, 0.29) is 5.91 Å². The number of likely N-dealkylation sites (tertiary alicyclic amines) is 1. The fraction of sp³-hybridized carbons (Fsp3) is 0.611. The Balaban J connectivity index is 0. The molecule has 1 aliphatic rings. The van der Waals surface area contributed by atoms with Gasteiger partial charge in [0.25, 0.3) is 0 Å². The Hall–Kier alpha value is -1.35. The molecule has 0 spiro atoms. The Kier molecular flexibility index (Phi) is 17.5. The van der Waals surface area contributed by atoms with E-state index in [9.17, 15) is 4.79 Å². The van der Waals surface area contributed by atoms with E-state index in [4.69, 9.17) is 0 Å². The van der Waals surface area contributed by atoms with Gasteiger partial charge in [0.2, 0.25) is 5.91 Å². The third kappa shape index (κ3) is 12.1. The van der Waals surface area contributed by atoms with E-state index in [0.29, 0.717) is 6.42 Å². The average molecular weight is 294 g/mol. The van der Waals surface area contributed by atoms with Crippen LogP contribution in [-0.2, 0) is 4.79 Å². The highest BCUT2D eigenvalue weighted by Crippen LogP contribution is 2.12. The lowest BCUT2D eigenvalue weighted by molar-refractivity contribution is -0.129. The van der Waals surface area contributed by atoms with Gasteiger partial charge in [-0.3, -0.25) is 4.79 Å². The smallest absolute Gasteiger partial charge is 0.226 e. The number of hydrogen-bond donors (Lipinski definition) is 1. The van der Waals surface area contributed by atoms with E-state index in [1.54, 1.807) is 12.2 Å². The summed E-state index contributed by atoms with van der Waals surface area (Å²) in [7, 11) is 0. The molecule has 3 heteroatoms. The maximum Gasteiger partial charge on any atom is 0.226 e. The number of hydrogen-bond acceptors (Lipinski definition) is 2. The molecular weight excluding hydrogens is 260 g/mol. The van der Waals surface area contributed by atoms with Crippen LogP contribution in [0.3, 0.4) is 0 Å². The molecule has 122 valence electrons. The zero-order chi connectivity index (χ0) is 16.5. The molecule has 0 bridgehead atoms. The van der Waals surface area contributed by atoms with Gasteiger partial charge in [-0.25, -0.2) is 0 Å². The molecule has 0 saturated carbocycles. The number of nitrogens with zero attached hydrogens (tertiary/aromatic N) is 1. The normalized spacial score (nSPS) is 13.5. The van der Waals surface area contributed by atoms with Crippen LogP contribution in [-0.4, -0.2) is 37.0 Å². The summed E-state index contributed by atoms with van der Waals surface area (Å²) in [6.45, 7) is 19.5. The van der Waals surface area contributed by atoms with Crippen molar-refractivity contribution in [1.82, 2.24) is 10.2 Å². The summed E-state index contributed by atoms with van der Waals surface area (Å²) < 4.78 is 0. The van der Waals surface area contributed by atoms with E-state index in [0.717, 1.165) is 44.6 Å². The molecule has 3 nitrogen and oxygen atoms in total. The van der Waals surface area contributed by atoms with Crippen LogP contribution in [0.4, 0.5) is 0 Å². The van der Waals surface area contributed by atoms with Crippen molar-refractivity contribution in [2.45, 2.75) is 47.0 Å². The molecule has 0 aromatic rings. The van der Waals surface area contributed by atoms with E-state index in [1.165, 1.54) is 0 Å². The number of carbonyl (C=O) groups is 1. The lowest BCUT2D eigenvalue weighted by Gasteiger charge is -2.15. The molecule has 0 aromatic heterocycles. The molecule has 1 N–H and O–H groups in total. The van der Waals surface area contributed by atoms with Crippen molar-refractivity contribution in [1.29, 1.82) is 0 Å².